The minimum Gasteiger partial charge on any atom is -0.352 e. The third-order valence-corrected chi connectivity index (χ3v) is 4.79. The Morgan fingerprint density at radius 3 is 2.36 bits per heavy atom. The van der Waals surface area contributed by atoms with Gasteiger partial charge in [0.25, 0.3) is 15.9 Å². The van der Waals surface area contributed by atoms with E-state index < -0.39 is 10.0 Å². The van der Waals surface area contributed by atoms with Crippen LogP contribution in [-0.2, 0) is 10.0 Å². The highest BCUT2D eigenvalue weighted by atomic mass is 79.9. The molecule has 0 aromatic heterocycles. The normalized spacial score (nSPS) is 11.0. The van der Waals surface area contributed by atoms with E-state index in [0.29, 0.717) is 6.54 Å². The number of benzene rings is 2. The summed E-state index contributed by atoms with van der Waals surface area (Å²) in [5.41, 5.74) is 0.529. The van der Waals surface area contributed by atoms with E-state index in [1.807, 2.05) is 0 Å². The minimum atomic E-state index is -3.75. The quantitative estimate of drug-likeness (QED) is 0.834. The van der Waals surface area contributed by atoms with Gasteiger partial charge in [0.2, 0.25) is 0 Å². The summed E-state index contributed by atoms with van der Waals surface area (Å²) in [5.74, 6) is -0.323. The molecule has 1 amide bonds. The van der Waals surface area contributed by atoms with Crippen LogP contribution in [0.4, 0.5) is 5.69 Å². The first-order valence-electron chi connectivity index (χ1n) is 6.59. The van der Waals surface area contributed by atoms with Crippen molar-refractivity contribution in [2.75, 3.05) is 11.3 Å². The topological polar surface area (TPSA) is 75.3 Å². The molecule has 2 rings (SSSR count). The predicted molar refractivity (Wildman–Crippen MR) is 89.4 cm³/mol. The van der Waals surface area contributed by atoms with Crippen LogP contribution in [0.1, 0.15) is 17.3 Å². The van der Waals surface area contributed by atoms with Crippen LogP contribution < -0.4 is 10.0 Å². The van der Waals surface area contributed by atoms with E-state index in [1.54, 1.807) is 43.3 Å². The second-order valence-corrected chi connectivity index (χ2v) is 7.06. The predicted octanol–water partition coefficient (Wildman–Crippen LogP) is 3.00. The fraction of sp³-hybridized carbons (Fsp3) is 0.133. The van der Waals surface area contributed by atoms with Crippen molar-refractivity contribution in [2.24, 2.45) is 0 Å². The number of hydrogen-bond donors (Lipinski definition) is 2. The van der Waals surface area contributed by atoms with Crippen molar-refractivity contribution in [3.8, 4) is 0 Å². The van der Waals surface area contributed by atoms with E-state index in [2.05, 4.69) is 26.0 Å². The molecule has 2 aromatic carbocycles. The summed E-state index contributed by atoms with van der Waals surface area (Å²) in [6.07, 6.45) is 0. The Morgan fingerprint density at radius 1 is 1.09 bits per heavy atom. The van der Waals surface area contributed by atoms with Crippen LogP contribution in [0.15, 0.2) is 57.9 Å². The molecule has 2 aromatic rings. The average molecular weight is 383 g/mol. The molecular weight excluding hydrogens is 368 g/mol. The van der Waals surface area contributed by atoms with Crippen molar-refractivity contribution in [1.82, 2.24) is 5.32 Å². The number of nitrogens with one attached hydrogen (secondary N) is 2. The monoisotopic (exact) mass is 382 g/mol. The molecular formula is C15H15BrN2O3S. The number of amides is 1. The lowest BCUT2D eigenvalue weighted by atomic mass is 10.2. The second kappa shape index (κ2) is 6.93. The van der Waals surface area contributed by atoms with Gasteiger partial charge >= 0.3 is 0 Å². The summed E-state index contributed by atoms with van der Waals surface area (Å²) in [5, 5.41) is 2.66. The standard InChI is InChI=1S/C15H15BrN2O3S/c1-2-17-15(19)13-5-3-4-6-14(13)18-22(20,21)12-9-7-11(16)8-10-12/h3-10,18H,2H2,1H3,(H,17,19). The van der Waals surface area contributed by atoms with Crippen molar-refractivity contribution >= 4 is 37.5 Å². The van der Waals surface area contributed by atoms with Crippen LogP contribution in [0.3, 0.4) is 0 Å². The summed E-state index contributed by atoms with van der Waals surface area (Å²) in [6, 6.07) is 12.7. The number of rotatable bonds is 5. The van der Waals surface area contributed by atoms with E-state index in [4.69, 9.17) is 0 Å². The molecule has 7 heteroatoms. The van der Waals surface area contributed by atoms with Crippen LogP contribution >= 0.6 is 15.9 Å². The molecule has 0 aliphatic heterocycles. The molecule has 0 heterocycles. The first kappa shape index (κ1) is 16.5. The number of halogens is 1. The van der Waals surface area contributed by atoms with Gasteiger partial charge in [0.05, 0.1) is 16.1 Å². The molecule has 0 aliphatic rings. The Morgan fingerprint density at radius 2 is 1.73 bits per heavy atom. The Balaban J connectivity index is 2.34. The van der Waals surface area contributed by atoms with Crippen molar-refractivity contribution < 1.29 is 13.2 Å². The zero-order valence-corrected chi connectivity index (χ0v) is 14.2. The maximum absolute atomic E-state index is 12.4. The van der Waals surface area contributed by atoms with E-state index in [-0.39, 0.29) is 22.1 Å². The molecule has 0 spiro atoms. The highest BCUT2D eigenvalue weighted by molar-refractivity contribution is 9.10. The third-order valence-electron chi connectivity index (χ3n) is 2.88. The van der Waals surface area contributed by atoms with E-state index >= 15 is 0 Å². The van der Waals surface area contributed by atoms with E-state index in [9.17, 15) is 13.2 Å². The molecule has 0 radical (unpaired) electrons. The zero-order valence-electron chi connectivity index (χ0n) is 11.8. The third kappa shape index (κ3) is 3.86. The number of hydrogen-bond acceptors (Lipinski definition) is 3. The van der Waals surface area contributed by atoms with Gasteiger partial charge in [-0.15, -0.1) is 0 Å². The molecule has 116 valence electrons. The van der Waals surface area contributed by atoms with Crippen molar-refractivity contribution in [1.29, 1.82) is 0 Å². The maximum atomic E-state index is 12.4. The summed E-state index contributed by atoms with van der Waals surface area (Å²) < 4.78 is 28.0. The summed E-state index contributed by atoms with van der Waals surface area (Å²) in [7, 11) is -3.75. The van der Waals surface area contributed by atoms with Crippen LogP contribution in [0.25, 0.3) is 0 Å². The van der Waals surface area contributed by atoms with Crippen LogP contribution in [0.5, 0.6) is 0 Å². The van der Waals surface area contributed by atoms with Crippen molar-refractivity contribution in [3.05, 3.63) is 58.6 Å². The minimum absolute atomic E-state index is 0.126. The summed E-state index contributed by atoms with van der Waals surface area (Å²) >= 11 is 3.26. The Hall–Kier alpha value is -1.86. The van der Waals surface area contributed by atoms with Gasteiger partial charge in [0, 0.05) is 11.0 Å². The van der Waals surface area contributed by atoms with Crippen LogP contribution in [-0.4, -0.2) is 20.9 Å². The van der Waals surface area contributed by atoms with Gasteiger partial charge in [-0.2, -0.15) is 0 Å². The van der Waals surface area contributed by atoms with Crippen LogP contribution in [0.2, 0.25) is 0 Å². The smallest absolute Gasteiger partial charge is 0.261 e. The van der Waals surface area contributed by atoms with Crippen LogP contribution in [0, 0.1) is 0 Å². The highest BCUT2D eigenvalue weighted by Crippen LogP contribution is 2.21. The zero-order chi connectivity index (χ0) is 16.2. The first-order chi connectivity index (χ1) is 10.4. The SMILES string of the molecule is CCNC(=O)c1ccccc1NS(=O)(=O)c1ccc(Br)cc1. The molecule has 0 saturated heterocycles. The lowest BCUT2D eigenvalue weighted by molar-refractivity contribution is 0.0956. The molecule has 0 aliphatic carbocycles. The van der Waals surface area contributed by atoms with Gasteiger partial charge in [0.1, 0.15) is 0 Å². The molecule has 0 atom stereocenters. The fourth-order valence-electron chi connectivity index (χ4n) is 1.84. The second-order valence-electron chi connectivity index (χ2n) is 4.46. The number of anilines is 1. The number of para-hydroxylation sites is 1. The van der Waals surface area contributed by atoms with E-state index in [0.717, 1.165) is 4.47 Å². The van der Waals surface area contributed by atoms with Gasteiger partial charge in [-0.05, 0) is 43.3 Å². The lowest BCUT2D eigenvalue weighted by Gasteiger charge is -2.12. The van der Waals surface area contributed by atoms with Gasteiger partial charge in [-0.1, -0.05) is 28.1 Å². The molecule has 2 N–H and O–H groups in total. The van der Waals surface area contributed by atoms with E-state index in [1.165, 1.54) is 12.1 Å². The molecule has 0 saturated carbocycles. The average Bonchev–Trinajstić information content (AvgIpc) is 2.48. The largest absolute Gasteiger partial charge is 0.352 e. The molecule has 0 fully saturated rings. The fourth-order valence-corrected chi connectivity index (χ4v) is 3.19. The number of carbonyl (C=O) groups is 1. The molecule has 5 nitrogen and oxygen atoms in total. The van der Waals surface area contributed by atoms with Gasteiger partial charge in [-0.25, -0.2) is 8.42 Å². The van der Waals surface area contributed by atoms with Crippen molar-refractivity contribution in [2.45, 2.75) is 11.8 Å². The number of carbonyl (C=O) groups excluding carboxylic acids is 1. The van der Waals surface area contributed by atoms with Gasteiger partial charge in [0.15, 0.2) is 0 Å². The summed E-state index contributed by atoms with van der Waals surface area (Å²) in [4.78, 5) is 12.1. The maximum Gasteiger partial charge on any atom is 0.261 e. The molecule has 0 unspecified atom stereocenters. The van der Waals surface area contributed by atoms with Gasteiger partial charge in [-0.3, -0.25) is 9.52 Å². The Bertz CT molecular complexity index is 774. The first-order valence-corrected chi connectivity index (χ1v) is 8.87. The Kier molecular flexibility index (Phi) is 5.20. The molecule has 22 heavy (non-hydrogen) atoms. The Labute approximate surface area is 137 Å². The molecule has 0 bridgehead atoms. The van der Waals surface area contributed by atoms with Crippen molar-refractivity contribution in [3.63, 3.8) is 0 Å². The highest BCUT2D eigenvalue weighted by Gasteiger charge is 2.18. The lowest BCUT2D eigenvalue weighted by Crippen LogP contribution is -2.24. The number of sulfonamides is 1. The summed E-state index contributed by atoms with van der Waals surface area (Å²) in [6.45, 7) is 2.26. The van der Waals surface area contributed by atoms with Gasteiger partial charge < -0.3 is 5.32 Å².